The average molecular weight is 466 g/mol. The van der Waals surface area contributed by atoms with E-state index < -0.39 is 16.6 Å². The van der Waals surface area contributed by atoms with E-state index >= 15 is 0 Å². The molecule has 162 valence electrons. The third kappa shape index (κ3) is 4.85. The van der Waals surface area contributed by atoms with E-state index in [1.54, 1.807) is 41.1 Å². The lowest BCUT2D eigenvalue weighted by Crippen LogP contribution is -2.21. The Bertz CT molecular complexity index is 1230. The highest BCUT2D eigenvalue weighted by Gasteiger charge is 2.26. The molecule has 1 aliphatic rings. The number of rotatable bonds is 6. The molecule has 1 aliphatic heterocycles. The molecular weight excluding hydrogens is 448 g/mol. The topological polar surface area (TPSA) is 98.5 Å². The fraction of sp³-hybridized carbons (Fsp3) is 0.211. The SMILES string of the molecule is C[C@@H]1Sc2nnc(-c3ccc(OC(F)F)cc3)n2N=C1c1ccc(NS(C)(=O)=O)cc1. The summed E-state index contributed by atoms with van der Waals surface area (Å²) in [6.45, 7) is -0.906. The van der Waals surface area contributed by atoms with Crippen LogP contribution in [-0.4, -0.2) is 47.1 Å². The van der Waals surface area contributed by atoms with Gasteiger partial charge in [0.1, 0.15) is 5.75 Å². The molecule has 8 nitrogen and oxygen atoms in total. The van der Waals surface area contributed by atoms with Gasteiger partial charge in [-0.25, -0.2) is 8.42 Å². The minimum atomic E-state index is -3.36. The quantitative estimate of drug-likeness (QED) is 0.597. The van der Waals surface area contributed by atoms with Crippen molar-refractivity contribution in [1.29, 1.82) is 0 Å². The van der Waals surface area contributed by atoms with Gasteiger partial charge < -0.3 is 4.74 Å². The third-order valence-corrected chi connectivity index (χ3v) is 5.96. The van der Waals surface area contributed by atoms with Gasteiger partial charge in [0.2, 0.25) is 15.2 Å². The van der Waals surface area contributed by atoms with Gasteiger partial charge in [-0.2, -0.15) is 18.6 Å². The Morgan fingerprint density at radius 3 is 2.32 bits per heavy atom. The van der Waals surface area contributed by atoms with Crippen LogP contribution in [0.5, 0.6) is 5.75 Å². The van der Waals surface area contributed by atoms with Crippen molar-refractivity contribution in [3.8, 4) is 17.1 Å². The minimum Gasteiger partial charge on any atom is -0.435 e. The van der Waals surface area contributed by atoms with Crippen molar-refractivity contribution in [3.63, 3.8) is 0 Å². The number of thioether (sulfide) groups is 1. The van der Waals surface area contributed by atoms with Crippen LogP contribution in [0.15, 0.2) is 58.8 Å². The molecule has 0 aliphatic carbocycles. The monoisotopic (exact) mass is 465 g/mol. The summed E-state index contributed by atoms with van der Waals surface area (Å²) < 4.78 is 55.9. The molecular formula is C19H17F2N5O3S2. The highest BCUT2D eigenvalue weighted by atomic mass is 32.2. The Morgan fingerprint density at radius 1 is 1.06 bits per heavy atom. The zero-order valence-electron chi connectivity index (χ0n) is 16.4. The second-order valence-electron chi connectivity index (χ2n) is 6.72. The number of hydrogen-bond donors (Lipinski definition) is 1. The molecule has 31 heavy (non-hydrogen) atoms. The van der Waals surface area contributed by atoms with Gasteiger partial charge in [0.15, 0.2) is 5.82 Å². The second kappa shape index (κ2) is 8.27. The van der Waals surface area contributed by atoms with Crippen molar-refractivity contribution in [2.45, 2.75) is 23.9 Å². The Balaban J connectivity index is 1.65. The van der Waals surface area contributed by atoms with Crippen molar-refractivity contribution >= 4 is 33.2 Å². The summed E-state index contributed by atoms with van der Waals surface area (Å²) in [5.41, 5.74) is 2.69. The summed E-state index contributed by atoms with van der Waals surface area (Å²) in [7, 11) is -3.36. The number of benzene rings is 2. The zero-order chi connectivity index (χ0) is 22.2. The number of ether oxygens (including phenoxy) is 1. The third-order valence-electron chi connectivity index (χ3n) is 4.31. The smallest absolute Gasteiger partial charge is 0.387 e. The van der Waals surface area contributed by atoms with Crippen LogP contribution < -0.4 is 9.46 Å². The summed E-state index contributed by atoms with van der Waals surface area (Å²) in [6, 6.07) is 13.0. The van der Waals surface area contributed by atoms with E-state index in [-0.39, 0.29) is 11.0 Å². The number of sulfonamides is 1. The number of nitrogens with one attached hydrogen (secondary N) is 1. The van der Waals surface area contributed by atoms with E-state index in [1.807, 2.05) is 6.92 Å². The highest BCUT2D eigenvalue weighted by molar-refractivity contribution is 8.00. The van der Waals surface area contributed by atoms with Crippen molar-refractivity contribution in [2.24, 2.45) is 5.10 Å². The molecule has 2 heterocycles. The van der Waals surface area contributed by atoms with E-state index in [4.69, 9.17) is 5.10 Å². The molecule has 0 bridgehead atoms. The van der Waals surface area contributed by atoms with Crippen molar-refractivity contribution in [1.82, 2.24) is 14.9 Å². The lowest BCUT2D eigenvalue weighted by Gasteiger charge is -2.20. The first-order valence-corrected chi connectivity index (χ1v) is 11.8. The van der Waals surface area contributed by atoms with E-state index in [1.165, 1.54) is 23.9 Å². The van der Waals surface area contributed by atoms with Gasteiger partial charge in [-0.15, -0.1) is 10.2 Å². The lowest BCUT2D eigenvalue weighted by atomic mass is 10.1. The number of halogens is 2. The Kier molecular flexibility index (Phi) is 5.67. The van der Waals surface area contributed by atoms with Crippen LogP contribution in [0.1, 0.15) is 12.5 Å². The van der Waals surface area contributed by atoms with Gasteiger partial charge in [0.05, 0.1) is 17.2 Å². The molecule has 12 heteroatoms. The van der Waals surface area contributed by atoms with E-state index in [0.29, 0.717) is 22.2 Å². The van der Waals surface area contributed by atoms with Gasteiger partial charge in [0.25, 0.3) is 0 Å². The molecule has 1 N–H and O–H groups in total. The molecule has 0 amide bonds. The molecule has 4 rings (SSSR count). The number of hydrogen-bond acceptors (Lipinski definition) is 7. The first kappa shape index (κ1) is 21.2. The Labute approximate surface area is 181 Å². The summed E-state index contributed by atoms with van der Waals surface area (Å²) in [5, 5.41) is 13.7. The Morgan fingerprint density at radius 2 is 1.71 bits per heavy atom. The maximum Gasteiger partial charge on any atom is 0.387 e. The molecule has 3 aromatic rings. The molecule has 0 radical (unpaired) electrons. The predicted molar refractivity (Wildman–Crippen MR) is 114 cm³/mol. The minimum absolute atomic E-state index is 0.0138. The van der Waals surface area contributed by atoms with Gasteiger partial charge in [-0.3, -0.25) is 4.72 Å². The van der Waals surface area contributed by atoms with Gasteiger partial charge in [-0.1, -0.05) is 23.9 Å². The van der Waals surface area contributed by atoms with Crippen LogP contribution in [0.4, 0.5) is 14.5 Å². The summed E-state index contributed by atoms with van der Waals surface area (Å²) in [6.07, 6.45) is 1.09. The van der Waals surface area contributed by atoms with Gasteiger partial charge in [-0.05, 0) is 48.9 Å². The van der Waals surface area contributed by atoms with E-state index in [2.05, 4.69) is 19.7 Å². The number of alkyl halides is 2. The molecule has 0 spiro atoms. The number of aromatic nitrogens is 3. The standard InChI is InChI=1S/C19H17F2N5O3S2/c1-11-16(12-3-7-14(8-4-12)25-31(2,27)28)24-26-17(22-23-19(26)30-11)13-5-9-15(10-6-13)29-18(20)21/h3-11,18,25H,1-2H3/t11-/m0/s1. The molecule has 0 saturated heterocycles. The number of anilines is 1. The first-order chi connectivity index (χ1) is 14.7. The van der Waals surface area contributed by atoms with Gasteiger partial charge in [0, 0.05) is 11.3 Å². The summed E-state index contributed by atoms with van der Waals surface area (Å²) >= 11 is 1.48. The summed E-state index contributed by atoms with van der Waals surface area (Å²) in [5.74, 6) is 0.512. The van der Waals surface area contributed by atoms with Gasteiger partial charge >= 0.3 is 6.61 Å². The number of nitrogens with zero attached hydrogens (tertiary/aromatic N) is 4. The predicted octanol–water partition coefficient (Wildman–Crippen LogP) is 3.66. The molecule has 1 atom stereocenters. The van der Waals surface area contributed by atoms with Crippen LogP contribution in [0.3, 0.4) is 0 Å². The average Bonchev–Trinajstić information content (AvgIpc) is 3.09. The molecule has 0 saturated carbocycles. The Hall–Kier alpha value is -2.99. The molecule has 0 unspecified atom stereocenters. The van der Waals surface area contributed by atoms with E-state index in [9.17, 15) is 17.2 Å². The highest BCUT2D eigenvalue weighted by Crippen LogP contribution is 2.33. The molecule has 0 fully saturated rings. The zero-order valence-corrected chi connectivity index (χ0v) is 18.0. The van der Waals surface area contributed by atoms with Crippen LogP contribution in [0.25, 0.3) is 11.4 Å². The maximum absolute atomic E-state index is 12.4. The normalized spacial score (nSPS) is 16.0. The second-order valence-corrected chi connectivity index (χ2v) is 9.77. The summed E-state index contributed by atoms with van der Waals surface area (Å²) in [4.78, 5) is 0. The van der Waals surface area contributed by atoms with Crippen molar-refractivity contribution < 1.29 is 21.9 Å². The van der Waals surface area contributed by atoms with Crippen LogP contribution >= 0.6 is 11.8 Å². The molecule has 2 aromatic carbocycles. The fourth-order valence-electron chi connectivity index (χ4n) is 3.01. The van der Waals surface area contributed by atoms with Crippen LogP contribution in [0.2, 0.25) is 0 Å². The number of fused-ring (bicyclic) bond motifs is 1. The van der Waals surface area contributed by atoms with Crippen LogP contribution in [-0.2, 0) is 10.0 Å². The van der Waals surface area contributed by atoms with Crippen molar-refractivity contribution in [2.75, 3.05) is 11.0 Å². The largest absolute Gasteiger partial charge is 0.435 e. The first-order valence-electron chi connectivity index (χ1n) is 9.04. The van der Waals surface area contributed by atoms with Crippen LogP contribution in [0, 0.1) is 0 Å². The maximum atomic E-state index is 12.4. The van der Waals surface area contributed by atoms with Crippen molar-refractivity contribution in [3.05, 3.63) is 54.1 Å². The lowest BCUT2D eigenvalue weighted by molar-refractivity contribution is -0.0498. The van der Waals surface area contributed by atoms with E-state index in [0.717, 1.165) is 17.5 Å². The fourth-order valence-corrected chi connectivity index (χ4v) is 4.50. The molecule has 1 aromatic heterocycles.